The van der Waals surface area contributed by atoms with Crippen LogP contribution in [0.5, 0.6) is 0 Å². The van der Waals surface area contributed by atoms with E-state index in [9.17, 15) is 0 Å². The van der Waals surface area contributed by atoms with E-state index >= 15 is 0 Å². The molecule has 0 unspecified atom stereocenters. The highest BCUT2D eigenvalue weighted by Crippen LogP contribution is 2.62. The number of hydrogen-bond donors (Lipinski definition) is 0. The summed E-state index contributed by atoms with van der Waals surface area (Å²) in [7, 11) is 0. The predicted molar refractivity (Wildman–Crippen MR) is 324 cm³/mol. The van der Waals surface area contributed by atoms with E-state index in [1.807, 2.05) is 0 Å². The van der Waals surface area contributed by atoms with Crippen LogP contribution in [0.1, 0.15) is 0 Å². The molecular weight excluding hydrogens is 913 g/mol. The van der Waals surface area contributed by atoms with Crippen molar-refractivity contribution in [2.24, 2.45) is 0 Å². The van der Waals surface area contributed by atoms with Gasteiger partial charge in [0.2, 0.25) is 0 Å². The van der Waals surface area contributed by atoms with Crippen LogP contribution < -0.4 is 0 Å². The second-order valence-corrected chi connectivity index (χ2v) is 20.1. The van der Waals surface area contributed by atoms with E-state index in [4.69, 9.17) is 0 Å². The standard InChI is InChI=1S/C76H48/c1-9-27-49(28-10-1)57-45-46-60-58-43-25-26-44-59(58)65(50-29-11-2-12-30-50)74-64-48-62-61(47-63(64)72(57)73(60)74)66(51-31-13-3-14-32-51)75-70(55-39-21-7-22-40-55)68(53-35-17-5-18-36-53)69(54-37-19-6-20-38-54)71(56-41-23-8-24-42-56)76(75)67(62)52-33-15-4-16-34-52/h1-48H. The molecule has 0 spiro atoms. The molecule has 0 N–H and O–H groups in total. The first-order chi connectivity index (χ1) is 37.8. The Bertz CT molecular complexity index is 4530. The van der Waals surface area contributed by atoms with Gasteiger partial charge in [0.1, 0.15) is 0 Å². The largest absolute Gasteiger partial charge is 0.0622 e. The Hall–Kier alpha value is -9.88. The average molecular weight is 961 g/mol. The molecule has 0 nitrogen and oxygen atoms in total. The minimum absolute atomic E-state index is 1.17. The fourth-order valence-electron chi connectivity index (χ4n) is 12.9. The molecule has 76 heavy (non-hydrogen) atoms. The van der Waals surface area contributed by atoms with Gasteiger partial charge in [-0.2, -0.15) is 0 Å². The van der Waals surface area contributed by atoms with Gasteiger partial charge in [-0.25, -0.2) is 0 Å². The van der Waals surface area contributed by atoms with Gasteiger partial charge in [-0.3, -0.25) is 0 Å². The van der Waals surface area contributed by atoms with Crippen LogP contribution in [0.25, 0.3) is 154 Å². The third-order valence-electron chi connectivity index (χ3n) is 15.9. The highest BCUT2D eigenvalue weighted by atomic mass is 14.4. The number of fused-ring (bicyclic) bond motifs is 7. The summed E-state index contributed by atoms with van der Waals surface area (Å²) in [6.07, 6.45) is 0. The lowest BCUT2D eigenvalue weighted by Crippen LogP contribution is -2.01. The van der Waals surface area contributed by atoms with E-state index < -0.39 is 0 Å². The summed E-state index contributed by atoms with van der Waals surface area (Å²) in [6.45, 7) is 0. The molecule has 0 amide bonds. The maximum Gasteiger partial charge on any atom is -0.000116 e. The topological polar surface area (TPSA) is 0 Å². The van der Waals surface area contributed by atoms with Gasteiger partial charge in [0, 0.05) is 0 Å². The summed E-state index contributed by atoms with van der Waals surface area (Å²) in [5.41, 5.74) is 24.3. The summed E-state index contributed by atoms with van der Waals surface area (Å²) in [5.74, 6) is 0. The maximum absolute atomic E-state index is 2.61. The Morgan fingerprint density at radius 1 is 0.132 bits per heavy atom. The molecule has 0 heteroatoms. The van der Waals surface area contributed by atoms with Crippen LogP contribution in [0.2, 0.25) is 0 Å². The smallest absolute Gasteiger partial charge is 0.000116 e. The van der Waals surface area contributed by atoms with Crippen molar-refractivity contribution in [2.45, 2.75) is 0 Å². The fraction of sp³-hybridized carbons (Fsp3) is 0. The van der Waals surface area contributed by atoms with E-state index in [-0.39, 0.29) is 0 Å². The van der Waals surface area contributed by atoms with Crippen molar-refractivity contribution in [3.05, 3.63) is 291 Å². The lowest BCUT2D eigenvalue weighted by molar-refractivity contribution is 1.56. The lowest BCUT2D eigenvalue weighted by Gasteiger charge is -2.29. The Morgan fingerprint density at radius 2 is 0.434 bits per heavy atom. The number of hydrogen-bond acceptors (Lipinski definition) is 0. The zero-order valence-electron chi connectivity index (χ0n) is 41.7. The van der Waals surface area contributed by atoms with Gasteiger partial charge < -0.3 is 0 Å². The Kier molecular flexibility index (Phi) is 10.3. The van der Waals surface area contributed by atoms with Gasteiger partial charge >= 0.3 is 0 Å². The molecule has 14 aromatic carbocycles. The van der Waals surface area contributed by atoms with Crippen molar-refractivity contribution < 1.29 is 0 Å². The minimum Gasteiger partial charge on any atom is -0.0622 e. The molecule has 0 fully saturated rings. The first-order valence-corrected chi connectivity index (χ1v) is 26.4. The Balaban J connectivity index is 1.26. The molecule has 0 radical (unpaired) electrons. The molecule has 15 rings (SSSR count). The minimum atomic E-state index is 1.17. The maximum atomic E-state index is 2.61. The predicted octanol–water partition coefficient (Wildman–Crippen LogP) is 21.3. The summed E-state index contributed by atoms with van der Waals surface area (Å²) >= 11 is 0. The number of benzene rings is 14. The van der Waals surface area contributed by atoms with Crippen molar-refractivity contribution in [3.63, 3.8) is 0 Å². The summed E-state index contributed by atoms with van der Waals surface area (Å²) in [6, 6.07) is 108. The van der Waals surface area contributed by atoms with Crippen LogP contribution in [0, 0.1) is 0 Å². The van der Waals surface area contributed by atoms with Gasteiger partial charge in [-0.1, -0.05) is 279 Å². The molecule has 1 aliphatic carbocycles. The van der Waals surface area contributed by atoms with Crippen molar-refractivity contribution in [1.29, 1.82) is 0 Å². The van der Waals surface area contributed by atoms with Gasteiger partial charge in [-0.05, 0) is 166 Å². The molecule has 0 bridgehead atoms. The van der Waals surface area contributed by atoms with Gasteiger partial charge in [0.05, 0.1) is 0 Å². The highest BCUT2D eigenvalue weighted by Gasteiger charge is 2.34. The quantitative estimate of drug-likeness (QED) is 0.105. The van der Waals surface area contributed by atoms with Crippen LogP contribution in [-0.2, 0) is 0 Å². The molecule has 1 aliphatic rings. The molecule has 0 saturated heterocycles. The van der Waals surface area contributed by atoms with Crippen molar-refractivity contribution in [3.8, 4) is 111 Å². The van der Waals surface area contributed by atoms with Crippen molar-refractivity contribution in [2.75, 3.05) is 0 Å². The van der Waals surface area contributed by atoms with Crippen LogP contribution >= 0.6 is 0 Å². The summed E-state index contributed by atoms with van der Waals surface area (Å²) in [5, 5.41) is 10.00. The highest BCUT2D eigenvalue weighted by molar-refractivity contribution is 6.36. The van der Waals surface area contributed by atoms with Crippen molar-refractivity contribution >= 4 is 43.1 Å². The molecule has 0 aliphatic heterocycles. The SMILES string of the molecule is c1ccc(-c2ccc3c4c2-c2cc5c(-c6ccccc6)c6c(-c7ccccc7)c(-c7ccccc7)c(-c7ccccc7)c(-c7ccccc7)c6c(-c6ccccc6)c5cc2-c4c(-c2ccccc2)c2ccccc23)cc1. The molecule has 0 saturated carbocycles. The number of rotatable bonds is 8. The van der Waals surface area contributed by atoms with E-state index in [0.29, 0.717) is 0 Å². The van der Waals surface area contributed by atoms with Crippen LogP contribution in [0.15, 0.2) is 291 Å². The second-order valence-electron chi connectivity index (χ2n) is 20.1. The fourth-order valence-corrected chi connectivity index (χ4v) is 12.9. The summed E-state index contributed by atoms with van der Waals surface area (Å²) < 4.78 is 0. The Morgan fingerprint density at radius 3 is 0.829 bits per heavy atom. The molecule has 0 heterocycles. The molecule has 352 valence electrons. The van der Waals surface area contributed by atoms with Crippen LogP contribution in [0.3, 0.4) is 0 Å². The van der Waals surface area contributed by atoms with Gasteiger partial charge in [0.25, 0.3) is 0 Å². The van der Waals surface area contributed by atoms with Crippen LogP contribution in [-0.4, -0.2) is 0 Å². The van der Waals surface area contributed by atoms with Gasteiger partial charge in [-0.15, -0.1) is 0 Å². The molecular formula is C76H48. The zero-order chi connectivity index (χ0) is 50.1. The second kappa shape index (κ2) is 18.0. The lowest BCUT2D eigenvalue weighted by atomic mass is 9.73. The average Bonchev–Trinajstić information content (AvgIpc) is 3.96. The molecule has 14 aromatic rings. The summed E-state index contributed by atoms with van der Waals surface area (Å²) in [4.78, 5) is 0. The third kappa shape index (κ3) is 6.78. The first kappa shape index (κ1) is 43.7. The van der Waals surface area contributed by atoms with Crippen molar-refractivity contribution in [1.82, 2.24) is 0 Å². The monoisotopic (exact) mass is 960 g/mol. The van der Waals surface area contributed by atoms with E-state index in [1.54, 1.807) is 0 Å². The van der Waals surface area contributed by atoms with E-state index in [2.05, 4.69) is 291 Å². The Labute approximate surface area is 443 Å². The normalized spacial score (nSPS) is 11.7. The zero-order valence-corrected chi connectivity index (χ0v) is 41.7. The van der Waals surface area contributed by atoms with E-state index in [1.165, 1.54) is 154 Å². The van der Waals surface area contributed by atoms with E-state index in [0.717, 1.165) is 0 Å². The third-order valence-corrected chi connectivity index (χ3v) is 15.9. The first-order valence-electron chi connectivity index (χ1n) is 26.4. The van der Waals surface area contributed by atoms with Crippen LogP contribution in [0.4, 0.5) is 0 Å². The molecule has 0 atom stereocenters. The molecule has 0 aromatic heterocycles. The van der Waals surface area contributed by atoms with Gasteiger partial charge in [0.15, 0.2) is 0 Å².